The Hall–Kier alpha value is -2.00. The van der Waals surface area contributed by atoms with Crippen molar-refractivity contribution in [3.8, 4) is 11.5 Å². The molecule has 2 heterocycles. The predicted molar refractivity (Wildman–Crippen MR) is 86.2 cm³/mol. The minimum atomic E-state index is 0.0985. The van der Waals surface area contributed by atoms with Crippen molar-refractivity contribution in [2.24, 2.45) is 0 Å². The number of rotatable bonds is 2. The highest BCUT2D eigenvalue weighted by molar-refractivity contribution is 5.48. The Bertz CT molecular complexity index is 660. The van der Waals surface area contributed by atoms with Crippen LogP contribution in [0, 0.1) is 0 Å². The number of phenolic OH excluding ortho intramolecular Hbond substituents is 1. The summed E-state index contributed by atoms with van der Waals surface area (Å²) in [5.74, 6) is 1.30. The van der Waals surface area contributed by atoms with Gasteiger partial charge in [0.05, 0.1) is 6.61 Å². The zero-order valence-electron chi connectivity index (χ0n) is 12.7. The van der Waals surface area contributed by atoms with Gasteiger partial charge in [-0.2, -0.15) is 0 Å². The number of benzene rings is 2. The van der Waals surface area contributed by atoms with E-state index in [9.17, 15) is 5.11 Å². The second-order valence-electron chi connectivity index (χ2n) is 6.51. The van der Waals surface area contributed by atoms with Crippen LogP contribution in [0.25, 0.3) is 0 Å². The minimum Gasteiger partial charge on any atom is -0.508 e. The highest BCUT2D eigenvalue weighted by Crippen LogP contribution is 2.46. The van der Waals surface area contributed by atoms with Crippen LogP contribution < -0.4 is 4.74 Å². The van der Waals surface area contributed by atoms with Gasteiger partial charge < -0.3 is 9.84 Å². The van der Waals surface area contributed by atoms with Crippen molar-refractivity contribution >= 4 is 0 Å². The SMILES string of the molecule is Oc1ccc2c(c1)C1(CCN(Cc3ccccc3)CC1)CO2. The molecule has 2 aliphatic heterocycles. The maximum atomic E-state index is 9.79. The Morgan fingerprint density at radius 3 is 2.59 bits per heavy atom. The van der Waals surface area contributed by atoms with E-state index in [4.69, 9.17) is 4.74 Å². The van der Waals surface area contributed by atoms with Crippen molar-refractivity contribution in [3.05, 3.63) is 59.7 Å². The standard InChI is InChI=1S/C19H21NO2/c21-16-6-7-18-17(12-16)19(14-22-18)8-10-20(11-9-19)13-15-4-2-1-3-5-15/h1-7,12,21H,8-11,13-14H2. The van der Waals surface area contributed by atoms with Crippen LogP contribution in [0.4, 0.5) is 0 Å². The molecule has 2 aromatic rings. The van der Waals surface area contributed by atoms with E-state index in [0.717, 1.165) is 44.8 Å². The first kappa shape index (κ1) is 13.6. The molecule has 4 rings (SSSR count). The number of aromatic hydroxyl groups is 1. The van der Waals surface area contributed by atoms with Crippen LogP contribution in [-0.2, 0) is 12.0 Å². The molecular formula is C19H21NO2. The van der Waals surface area contributed by atoms with Gasteiger partial charge in [0.2, 0.25) is 0 Å². The van der Waals surface area contributed by atoms with Crippen molar-refractivity contribution < 1.29 is 9.84 Å². The predicted octanol–water partition coefficient (Wildman–Crippen LogP) is 3.32. The van der Waals surface area contributed by atoms with Crippen molar-refractivity contribution in [3.63, 3.8) is 0 Å². The summed E-state index contributed by atoms with van der Waals surface area (Å²) in [6.07, 6.45) is 2.19. The third-order valence-corrected chi connectivity index (χ3v) is 5.10. The van der Waals surface area contributed by atoms with Gasteiger partial charge >= 0.3 is 0 Å². The van der Waals surface area contributed by atoms with Crippen LogP contribution in [0.3, 0.4) is 0 Å². The largest absolute Gasteiger partial charge is 0.508 e. The van der Waals surface area contributed by atoms with Crippen molar-refractivity contribution in [2.45, 2.75) is 24.8 Å². The molecule has 1 saturated heterocycles. The first-order valence-electron chi connectivity index (χ1n) is 7.98. The first-order chi connectivity index (χ1) is 10.8. The van der Waals surface area contributed by atoms with E-state index in [1.807, 2.05) is 12.1 Å². The van der Waals surface area contributed by atoms with Crippen LogP contribution in [0.15, 0.2) is 48.5 Å². The molecule has 0 amide bonds. The fourth-order valence-electron chi connectivity index (χ4n) is 3.75. The summed E-state index contributed by atoms with van der Waals surface area (Å²) >= 11 is 0. The molecule has 1 fully saturated rings. The summed E-state index contributed by atoms with van der Waals surface area (Å²) in [5, 5.41) is 9.79. The molecular weight excluding hydrogens is 274 g/mol. The van der Waals surface area contributed by atoms with E-state index >= 15 is 0 Å². The number of fused-ring (bicyclic) bond motifs is 2. The van der Waals surface area contributed by atoms with Crippen LogP contribution in [0.5, 0.6) is 11.5 Å². The number of nitrogens with zero attached hydrogens (tertiary/aromatic N) is 1. The molecule has 0 bridgehead atoms. The van der Waals surface area contributed by atoms with Gasteiger partial charge in [0, 0.05) is 17.5 Å². The number of hydrogen-bond acceptors (Lipinski definition) is 3. The molecule has 1 spiro atoms. The van der Waals surface area contributed by atoms with Crippen LogP contribution in [0.1, 0.15) is 24.0 Å². The molecule has 0 aromatic heterocycles. The number of hydrogen-bond donors (Lipinski definition) is 1. The lowest BCUT2D eigenvalue weighted by Crippen LogP contribution is -2.43. The zero-order chi connectivity index (χ0) is 15.0. The average molecular weight is 295 g/mol. The van der Waals surface area contributed by atoms with E-state index < -0.39 is 0 Å². The summed E-state index contributed by atoms with van der Waals surface area (Å²) in [6, 6.07) is 16.2. The fourth-order valence-corrected chi connectivity index (χ4v) is 3.75. The van der Waals surface area contributed by atoms with Gasteiger partial charge in [0.25, 0.3) is 0 Å². The molecule has 22 heavy (non-hydrogen) atoms. The fraction of sp³-hybridized carbons (Fsp3) is 0.368. The lowest BCUT2D eigenvalue weighted by molar-refractivity contribution is 0.130. The number of phenols is 1. The highest BCUT2D eigenvalue weighted by Gasteiger charge is 2.43. The monoisotopic (exact) mass is 295 g/mol. The Balaban J connectivity index is 1.48. The maximum Gasteiger partial charge on any atom is 0.123 e. The van der Waals surface area contributed by atoms with E-state index in [0.29, 0.717) is 5.75 Å². The molecule has 0 unspecified atom stereocenters. The van der Waals surface area contributed by atoms with Crippen molar-refractivity contribution in [1.29, 1.82) is 0 Å². The minimum absolute atomic E-state index is 0.0985. The first-order valence-corrected chi connectivity index (χ1v) is 7.98. The zero-order valence-corrected chi connectivity index (χ0v) is 12.7. The lowest BCUT2D eigenvalue weighted by atomic mass is 9.74. The molecule has 0 aliphatic carbocycles. The van der Waals surface area contributed by atoms with Crippen LogP contribution >= 0.6 is 0 Å². The second kappa shape index (κ2) is 5.33. The summed E-state index contributed by atoms with van der Waals surface area (Å²) in [4.78, 5) is 2.52. The van der Waals surface area contributed by atoms with Crippen molar-refractivity contribution in [2.75, 3.05) is 19.7 Å². The molecule has 1 N–H and O–H groups in total. The van der Waals surface area contributed by atoms with Crippen LogP contribution in [0.2, 0.25) is 0 Å². The summed E-state index contributed by atoms with van der Waals surface area (Å²) in [5.41, 5.74) is 2.67. The topological polar surface area (TPSA) is 32.7 Å². The number of piperidine rings is 1. The molecule has 114 valence electrons. The van der Waals surface area contributed by atoms with Crippen LogP contribution in [-0.4, -0.2) is 29.7 Å². The number of likely N-dealkylation sites (tertiary alicyclic amines) is 1. The maximum absolute atomic E-state index is 9.79. The summed E-state index contributed by atoms with van der Waals surface area (Å²) < 4.78 is 5.87. The van der Waals surface area contributed by atoms with Crippen molar-refractivity contribution in [1.82, 2.24) is 4.90 Å². The third kappa shape index (κ3) is 2.35. The Morgan fingerprint density at radius 1 is 1.05 bits per heavy atom. The molecule has 2 aromatic carbocycles. The van der Waals surface area contributed by atoms with Gasteiger partial charge in [-0.25, -0.2) is 0 Å². The molecule has 0 saturated carbocycles. The normalized spacial score (nSPS) is 19.8. The smallest absolute Gasteiger partial charge is 0.123 e. The van der Waals surface area contributed by atoms with E-state index in [1.54, 1.807) is 6.07 Å². The summed E-state index contributed by atoms with van der Waals surface area (Å²) in [7, 11) is 0. The van der Waals surface area contributed by atoms with Gasteiger partial charge in [0.1, 0.15) is 11.5 Å². The van der Waals surface area contributed by atoms with Gasteiger partial charge in [-0.15, -0.1) is 0 Å². The second-order valence-corrected chi connectivity index (χ2v) is 6.51. The van der Waals surface area contributed by atoms with E-state index in [2.05, 4.69) is 35.2 Å². The highest BCUT2D eigenvalue weighted by atomic mass is 16.5. The van der Waals surface area contributed by atoms with Gasteiger partial charge in [-0.05, 0) is 49.7 Å². The van der Waals surface area contributed by atoms with E-state index in [-0.39, 0.29) is 5.41 Å². The van der Waals surface area contributed by atoms with E-state index in [1.165, 1.54) is 11.1 Å². The Labute approximate surface area is 131 Å². The van der Waals surface area contributed by atoms with Gasteiger partial charge in [0.15, 0.2) is 0 Å². The average Bonchev–Trinajstić information content (AvgIpc) is 2.89. The lowest BCUT2D eigenvalue weighted by Gasteiger charge is -2.38. The summed E-state index contributed by atoms with van der Waals surface area (Å²) in [6.45, 7) is 3.93. The molecule has 3 heteroatoms. The quantitative estimate of drug-likeness (QED) is 0.922. The third-order valence-electron chi connectivity index (χ3n) is 5.10. The molecule has 3 nitrogen and oxygen atoms in total. The molecule has 2 aliphatic rings. The Morgan fingerprint density at radius 2 is 1.82 bits per heavy atom. The van der Waals surface area contributed by atoms with Gasteiger partial charge in [-0.1, -0.05) is 30.3 Å². The molecule has 0 atom stereocenters. The van der Waals surface area contributed by atoms with Gasteiger partial charge in [-0.3, -0.25) is 4.90 Å². The Kier molecular flexibility index (Phi) is 3.30. The molecule has 0 radical (unpaired) electrons. The number of ether oxygens (including phenoxy) is 1.